The Morgan fingerprint density at radius 2 is 1.86 bits per heavy atom. The van der Waals surface area contributed by atoms with Crippen LogP contribution < -0.4 is 4.74 Å². The normalized spacial score (nSPS) is 11.1. The number of aliphatic hydroxyl groups is 1. The second kappa shape index (κ2) is 10.6. The topological polar surface area (TPSA) is 108 Å². The zero-order valence-electron chi connectivity index (χ0n) is 20.2. The summed E-state index contributed by atoms with van der Waals surface area (Å²) >= 11 is 0. The lowest BCUT2D eigenvalue weighted by Gasteiger charge is -2.17. The van der Waals surface area contributed by atoms with E-state index in [2.05, 4.69) is 24.2 Å². The molecular weight excluding hydrogens is 448 g/mol. The Balaban J connectivity index is 1.88. The number of aromatic nitrogens is 2. The quantitative estimate of drug-likeness (QED) is 0.308. The van der Waals surface area contributed by atoms with Crippen molar-refractivity contribution in [2.45, 2.75) is 46.8 Å². The van der Waals surface area contributed by atoms with E-state index < -0.39 is 5.97 Å². The standard InChI is InChI=1S/C27H28N2O6/c1-5-32-27(31)25-24(23-12-19(14-30)28-34-23)26(35-29-25)21-13-20(16(2)3)17(4)11-22(21)33-15-18-9-7-6-8-10-18/h6-13,16,30H,5,14-15H2,1-4H3. The highest BCUT2D eigenvalue weighted by Gasteiger charge is 2.30. The SMILES string of the molecule is CCOC(=O)c1noc(-c2cc(C(C)C)c(C)cc2OCc2ccccc2)c1-c1cc(CO)no1. The highest BCUT2D eigenvalue weighted by Crippen LogP contribution is 2.42. The van der Waals surface area contributed by atoms with E-state index in [1.165, 1.54) is 0 Å². The molecule has 8 nitrogen and oxygen atoms in total. The molecule has 4 aromatic rings. The van der Waals surface area contributed by atoms with Crippen LogP contribution in [0.5, 0.6) is 5.75 Å². The molecule has 0 fully saturated rings. The van der Waals surface area contributed by atoms with Gasteiger partial charge in [-0.2, -0.15) is 0 Å². The van der Waals surface area contributed by atoms with E-state index in [0.717, 1.165) is 16.7 Å². The number of nitrogens with zero attached hydrogens (tertiary/aromatic N) is 2. The predicted molar refractivity (Wildman–Crippen MR) is 129 cm³/mol. The van der Waals surface area contributed by atoms with Gasteiger partial charge in [-0.1, -0.05) is 54.5 Å². The van der Waals surface area contributed by atoms with Gasteiger partial charge in [0.05, 0.1) is 18.8 Å². The van der Waals surface area contributed by atoms with E-state index in [-0.39, 0.29) is 30.6 Å². The van der Waals surface area contributed by atoms with E-state index in [4.69, 9.17) is 18.5 Å². The summed E-state index contributed by atoms with van der Waals surface area (Å²) in [7, 11) is 0. The van der Waals surface area contributed by atoms with Crippen LogP contribution in [-0.4, -0.2) is 28.0 Å². The number of hydrogen-bond acceptors (Lipinski definition) is 8. The van der Waals surface area contributed by atoms with E-state index in [1.54, 1.807) is 13.0 Å². The molecule has 2 aromatic heterocycles. The molecule has 0 radical (unpaired) electrons. The third kappa shape index (κ3) is 5.12. The molecule has 0 spiro atoms. The molecule has 0 saturated carbocycles. The first-order valence-electron chi connectivity index (χ1n) is 11.5. The lowest BCUT2D eigenvalue weighted by Crippen LogP contribution is -2.06. The molecule has 0 atom stereocenters. The average Bonchev–Trinajstić information content (AvgIpc) is 3.50. The van der Waals surface area contributed by atoms with Crippen molar-refractivity contribution in [2.24, 2.45) is 0 Å². The zero-order valence-corrected chi connectivity index (χ0v) is 20.2. The molecule has 0 amide bonds. The van der Waals surface area contributed by atoms with Gasteiger partial charge in [0.1, 0.15) is 23.6 Å². The van der Waals surface area contributed by atoms with Crippen molar-refractivity contribution in [3.63, 3.8) is 0 Å². The Morgan fingerprint density at radius 3 is 2.51 bits per heavy atom. The van der Waals surface area contributed by atoms with Crippen molar-refractivity contribution in [1.82, 2.24) is 10.3 Å². The Kier molecular flexibility index (Phi) is 7.31. The van der Waals surface area contributed by atoms with Gasteiger partial charge in [0.25, 0.3) is 0 Å². The van der Waals surface area contributed by atoms with Gasteiger partial charge in [-0.15, -0.1) is 0 Å². The van der Waals surface area contributed by atoms with Gasteiger partial charge in [-0.3, -0.25) is 0 Å². The predicted octanol–water partition coefficient (Wildman–Crippen LogP) is 5.68. The summed E-state index contributed by atoms with van der Waals surface area (Å²) in [5.41, 5.74) is 4.37. The molecule has 0 bridgehead atoms. The first-order chi connectivity index (χ1) is 16.9. The van der Waals surface area contributed by atoms with Crippen LogP contribution in [0.4, 0.5) is 0 Å². The van der Waals surface area contributed by atoms with Gasteiger partial charge >= 0.3 is 5.97 Å². The number of esters is 1. The molecule has 0 unspecified atom stereocenters. The fourth-order valence-electron chi connectivity index (χ4n) is 3.90. The molecule has 0 saturated heterocycles. The van der Waals surface area contributed by atoms with Crippen LogP contribution in [0.1, 0.15) is 59.6 Å². The molecule has 0 aliphatic rings. The highest BCUT2D eigenvalue weighted by molar-refractivity contribution is 5.99. The van der Waals surface area contributed by atoms with Gasteiger partial charge in [-0.25, -0.2) is 4.79 Å². The summed E-state index contributed by atoms with van der Waals surface area (Å²) < 4.78 is 22.6. The summed E-state index contributed by atoms with van der Waals surface area (Å²) in [6, 6.07) is 15.3. The van der Waals surface area contributed by atoms with Crippen molar-refractivity contribution >= 4 is 5.97 Å². The van der Waals surface area contributed by atoms with Crippen molar-refractivity contribution in [3.05, 3.63) is 76.6 Å². The summed E-state index contributed by atoms with van der Waals surface area (Å²) in [6.45, 7) is 8.15. The van der Waals surface area contributed by atoms with Crippen LogP contribution in [0.25, 0.3) is 22.6 Å². The molecule has 182 valence electrons. The van der Waals surface area contributed by atoms with Gasteiger partial charge < -0.3 is 23.6 Å². The van der Waals surface area contributed by atoms with Crippen molar-refractivity contribution in [3.8, 4) is 28.4 Å². The molecule has 2 aromatic carbocycles. The van der Waals surface area contributed by atoms with Crippen LogP contribution in [0.2, 0.25) is 0 Å². The second-order valence-electron chi connectivity index (χ2n) is 8.43. The van der Waals surface area contributed by atoms with Crippen LogP contribution >= 0.6 is 0 Å². The lowest BCUT2D eigenvalue weighted by atomic mass is 9.93. The monoisotopic (exact) mass is 476 g/mol. The smallest absolute Gasteiger partial charge is 0.361 e. The van der Waals surface area contributed by atoms with Gasteiger partial charge in [0, 0.05) is 6.07 Å². The van der Waals surface area contributed by atoms with Crippen molar-refractivity contribution in [2.75, 3.05) is 6.61 Å². The number of aliphatic hydroxyl groups excluding tert-OH is 1. The number of hydrogen-bond donors (Lipinski definition) is 1. The highest BCUT2D eigenvalue weighted by atomic mass is 16.5. The molecule has 4 rings (SSSR count). The molecule has 2 heterocycles. The summed E-state index contributed by atoms with van der Waals surface area (Å²) in [5.74, 6) is 0.680. The van der Waals surface area contributed by atoms with Crippen molar-refractivity contribution in [1.29, 1.82) is 0 Å². The number of carbonyl (C=O) groups excluding carboxylic acids is 1. The average molecular weight is 477 g/mol. The van der Waals surface area contributed by atoms with E-state index in [1.807, 2.05) is 49.4 Å². The molecule has 8 heteroatoms. The van der Waals surface area contributed by atoms with Crippen LogP contribution in [0, 0.1) is 6.92 Å². The maximum Gasteiger partial charge on any atom is 0.361 e. The Hall–Kier alpha value is -3.91. The Morgan fingerprint density at radius 1 is 1.09 bits per heavy atom. The minimum atomic E-state index is -0.651. The summed E-state index contributed by atoms with van der Waals surface area (Å²) in [4.78, 5) is 12.7. The molecular formula is C27H28N2O6. The van der Waals surface area contributed by atoms with E-state index >= 15 is 0 Å². The second-order valence-corrected chi connectivity index (χ2v) is 8.43. The molecule has 0 aliphatic carbocycles. The number of ether oxygens (including phenoxy) is 2. The summed E-state index contributed by atoms with van der Waals surface area (Å²) in [6.07, 6.45) is 0. The largest absolute Gasteiger partial charge is 0.488 e. The first kappa shape index (κ1) is 24.2. The molecule has 35 heavy (non-hydrogen) atoms. The Labute approximate surface area is 203 Å². The number of benzene rings is 2. The lowest BCUT2D eigenvalue weighted by molar-refractivity contribution is 0.0515. The summed E-state index contributed by atoms with van der Waals surface area (Å²) in [5, 5.41) is 17.4. The number of rotatable bonds is 9. The van der Waals surface area contributed by atoms with E-state index in [0.29, 0.717) is 34.9 Å². The molecule has 0 aliphatic heterocycles. The fraction of sp³-hybridized carbons (Fsp3) is 0.296. The van der Waals surface area contributed by atoms with Crippen LogP contribution in [0.15, 0.2) is 57.6 Å². The van der Waals surface area contributed by atoms with Gasteiger partial charge in [0.2, 0.25) is 5.69 Å². The zero-order chi connectivity index (χ0) is 24.9. The number of carbonyl (C=O) groups is 1. The van der Waals surface area contributed by atoms with Crippen LogP contribution in [-0.2, 0) is 18.0 Å². The minimum Gasteiger partial charge on any atom is -0.488 e. The van der Waals surface area contributed by atoms with Crippen molar-refractivity contribution < 1.29 is 28.4 Å². The maximum absolute atomic E-state index is 12.7. The van der Waals surface area contributed by atoms with Gasteiger partial charge in [0.15, 0.2) is 11.5 Å². The van der Waals surface area contributed by atoms with Crippen LogP contribution in [0.3, 0.4) is 0 Å². The van der Waals surface area contributed by atoms with E-state index in [9.17, 15) is 9.90 Å². The fourth-order valence-corrected chi connectivity index (χ4v) is 3.90. The van der Waals surface area contributed by atoms with Gasteiger partial charge in [-0.05, 0) is 48.6 Å². The maximum atomic E-state index is 12.7. The Bertz CT molecular complexity index is 1310. The first-order valence-corrected chi connectivity index (χ1v) is 11.5. The number of aryl methyl sites for hydroxylation is 1. The molecule has 1 N–H and O–H groups in total. The third-order valence-electron chi connectivity index (χ3n) is 5.60. The minimum absolute atomic E-state index is 0.0387. The third-order valence-corrected chi connectivity index (χ3v) is 5.60.